The predicted molar refractivity (Wildman–Crippen MR) is 158 cm³/mol. The number of nitrogens with zero attached hydrogens (tertiary/aromatic N) is 1. The molecule has 1 N–H and O–H groups in total. The summed E-state index contributed by atoms with van der Waals surface area (Å²) in [6.07, 6.45) is 4.40. The number of hydrogen-bond acceptors (Lipinski definition) is 3. The van der Waals surface area contributed by atoms with Gasteiger partial charge in [0.05, 0.1) is 4.47 Å². The minimum absolute atomic E-state index is 0.110. The zero-order valence-electron chi connectivity index (χ0n) is 22.2. The molecule has 7 heteroatoms. The van der Waals surface area contributed by atoms with Gasteiger partial charge in [-0.3, -0.25) is 9.59 Å². The highest BCUT2D eigenvalue weighted by Crippen LogP contribution is 2.33. The molecule has 5 rings (SSSR count). The van der Waals surface area contributed by atoms with Crippen molar-refractivity contribution >= 4 is 38.5 Å². The summed E-state index contributed by atoms with van der Waals surface area (Å²) < 4.78 is 20.5. The van der Waals surface area contributed by atoms with Crippen LogP contribution in [-0.2, 0) is 22.6 Å². The van der Waals surface area contributed by atoms with Gasteiger partial charge in [-0.25, -0.2) is 4.39 Å². The fourth-order valence-corrected chi connectivity index (χ4v) is 5.86. The van der Waals surface area contributed by atoms with E-state index >= 15 is 0 Å². The molecule has 1 atom stereocenters. The topological polar surface area (TPSA) is 58.6 Å². The van der Waals surface area contributed by atoms with Gasteiger partial charge in [0.25, 0.3) is 5.91 Å². The zero-order valence-corrected chi connectivity index (χ0v) is 23.8. The second-order valence-electron chi connectivity index (χ2n) is 10.2. The van der Waals surface area contributed by atoms with Crippen LogP contribution in [0.3, 0.4) is 0 Å². The summed E-state index contributed by atoms with van der Waals surface area (Å²) in [6.45, 7) is -0.100. The van der Waals surface area contributed by atoms with Gasteiger partial charge in [-0.1, -0.05) is 85.6 Å². The summed E-state index contributed by atoms with van der Waals surface area (Å²) in [5.74, 6) is -0.320. The molecule has 0 radical (unpaired) electrons. The maximum absolute atomic E-state index is 13.9. The maximum atomic E-state index is 13.9. The molecule has 1 saturated carbocycles. The molecule has 1 fully saturated rings. The van der Waals surface area contributed by atoms with Crippen LogP contribution in [0.4, 0.5) is 4.39 Å². The number of fused-ring (bicyclic) bond motifs is 1. The van der Waals surface area contributed by atoms with Crippen molar-refractivity contribution in [2.45, 2.75) is 50.7 Å². The zero-order chi connectivity index (χ0) is 27.9. The van der Waals surface area contributed by atoms with Gasteiger partial charge in [0, 0.05) is 19.0 Å². The van der Waals surface area contributed by atoms with Crippen molar-refractivity contribution in [2.75, 3.05) is 6.61 Å². The molecule has 5 nitrogen and oxygen atoms in total. The number of carbonyl (C=O) groups excluding carboxylic acids is 2. The molecule has 0 heterocycles. The van der Waals surface area contributed by atoms with Crippen molar-refractivity contribution in [3.8, 4) is 5.75 Å². The van der Waals surface area contributed by atoms with Crippen molar-refractivity contribution in [1.82, 2.24) is 10.2 Å². The molecule has 40 heavy (non-hydrogen) atoms. The van der Waals surface area contributed by atoms with E-state index in [-0.39, 0.29) is 36.8 Å². The highest BCUT2D eigenvalue weighted by Gasteiger charge is 2.32. The number of amides is 2. The molecule has 0 unspecified atom stereocenters. The molecule has 1 aliphatic rings. The number of carbonyl (C=O) groups is 2. The number of rotatable bonds is 10. The average Bonchev–Trinajstić information content (AvgIpc) is 3.49. The van der Waals surface area contributed by atoms with Gasteiger partial charge in [0.15, 0.2) is 6.61 Å². The summed E-state index contributed by atoms with van der Waals surface area (Å²) in [4.78, 5) is 29.2. The second-order valence-corrected chi connectivity index (χ2v) is 11.0. The lowest BCUT2D eigenvalue weighted by Gasteiger charge is -2.32. The van der Waals surface area contributed by atoms with Crippen molar-refractivity contribution < 1.29 is 18.7 Å². The maximum Gasteiger partial charge on any atom is 0.261 e. The summed E-state index contributed by atoms with van der Waals surface area (Å²) in [6, 6.07) is 26.7. The Morgan fingerprint density at radius 2 is 1.60 bits per heavy atom. The molecule has 0 bridgehead atoms. The quantitative estimate of drug-likeness (QED) is 0.217. The van der Waals surface area contributed by atoms with Crippen LogP contribution in [-0.4, -0.2) is 35.4 Å². The van der Waals surface area contributed by atoms with Crippen LogP contribution < -0.4 is 10.1 Å². The van der Waals surface area contributed by atoms with Crippen LogP contribution in [0.1, 0.15) is 36.8 Å². The van der Waals surface area contributed by atoms with Gasteiger partial charge < -0.3 is 15.0 Å². The minimum atomic E-state index is -0.760. The Kier molecular flexibility index (Phi) is 9.12. The number of nitrogens with one attached hydrogen (secondary N) is 1. The number of ether oxygens (including phenoxy) is 1. The molecule has 2 amide bonds. The first-order valence-corrected chi connectivity index (χ1v) is 14.5. The van der Waals surface area contributed by atoms with E-state index in [4.69, 9.17) is 4.74 Å². The first-order chi connectivity index (χ1) is 19.5. The minimum Gasteiger partial charge on any atom is -0.483 e. The van der Waals surface area contributed by atoms with Gasteiger partial charge in [-0.05, 0) is 68.9 Å². The lowest BCUT2D eigenvalue weighted by atomic mass is 10.0. The van der Waals surface area contributed by atoms with Crippen LogP contribution in [0.15, 0.2) is 95.5 Å². The summed E-state index contributed by atoms with van der Waals surface area (Å²) >= 11 is 3.63. The standard InChI is InChI=1S/C33H32BrFN2O3/c34-32-28-13-7-4-10-25(28)16-19-30(32)40-22-31(38)37(21-24-14-17-26(35)18-15-24)29(20-23-8-2-1-3-9-23)33(39)36-27-11-5-6-12-27/h1-4,7-10,13-19,27,29H,5-6,11-12,20-22H2,(H,36,39)/t29-/m1/s1. The molecule has 4 aromatic rings. The molecular weight excluding hydrogens is 571 g/mol. The Morgan fingerprint density at radius 3 is 2.35 bits per heavy atom. The van der Waals surface area contributed by atoms with Gasteiger partial charge in [-0.2, -0.15) is 0 Å². The largest absolute Gasteiger partial charge is 0.483 e. The third-order valence-corrected chi connectivity index (χ3v) is 8.24. The predicted octanol–water partition coefficient (Wildman–Crippen LogP) is 6.82. The molecule has 0 aromatic heterocycles. The molecule has 4 aromatic carbocycles. The molecule has 206 valence electrons. The van der Waals surface area contributed by atoms with Crippen molar-refractivity contribution in [3.05, 3.63) is 112 Å². The van der Waals surface area contributed by atoms with Gasteiger partial charge >= 0.3 is 0 Å². The highest BCUT2D eigenvalue weighted by atomic mass is 79.9. The van der Waals surface area contributed by atoms with E-state index in [1.807, 2.05) is 66.7 Å². The van der Waals surface area contributed by atoms with Crippen LogP contribution in [0.25, 0.3) is 10.8 Å². The molecular formula is C33H32BrFN2O3. The molecule has 0 spiro atoms. The Bertz CT molecular complexity index is 1460. The fraction of sp³-hybridized carbons (Fsp3) is 0.273. The van der Waals surface area contributed by atoms with E-state index in [1.165, 1.54) is 12.1 Å². The van der Waals surface area contributed by atoms with Gasteiger partial charge in [0.1, 0.15) is 17.6 Å². The smallest absolute Gasteiger partial charge is 0.261 e. The van der Waals surface area contributed by atoms with E-state index in [0.717, 1.165) is 52.1 Å². The molecule has 0 saturated heterocycles. The van der Waals surface area contributed by atoms with Crippen molar-refractivity contribution in [1.29, 1.82) is 0 Å². The lowest BCUT2D eigenvalue weighted by molar-refractivity contribution is -0.143. The first kappa shape index (κ1) is 27.8. The summed E-state index contributed by atoms with van der Waals surface area (Å²) in [5, 5.41) is 5.22. The Balaban J connectivity index is 1.43. The third-order valence-electron chi connectivity index (χ3n) is 7.42. The van der Waals surface area contributed by atoms with Crippen LogP contribution in [0.5, 0.6) is 5.75 Å². The Hall–Kier alpha value is -3.71. The van der Waals surface area contributed by atoms with E-state index < -0.39 is 6.04 Å². The average molecular weight is 604 g/mol. The van der Waals surface area contributed by atoms with Crippen molar-refractivity contribution in [3.63, 3.8) is 0 Å². The molecule has 0 aliphatic heterocycles. The van der Waals surface area contributed by atoms with E-state index in [9.17, 15) is 14.0 Å². The SMILES string of the molecule is O=C(NC1CCCC1)[C@@H](Cc1ccccc1)N(Cc1ccc(F)cc1)C(=O)COc1ccc2ccccc2c1Br. The first-order valence-electron chi connectivity index (χ1n) is 13.7. The Labute approximate surface area is 242 Å². The van der Waals surface area contributed by atoms with Gasteiger partial charge in [-0.15, -0.1) is 0 Å². The monoisotopic (exact) mass is 602 g/mol. The summed E-state index contributed by atoms with van der Waals surface area (Å²) in [5.41, 5.74) is 1.68. The lowest BCUT2D eigenvalue weighted by Crippen LogP contribution is -2.53. The van der Waals surface area contributed by atoms with Crippen LogP contribution in [0, 0.1) is 5.82 Å². The van der Waals surface area contributed by atoms with Crippen LogP contribution in [0.2, 0.25) is 0 Å². The van der Waals surface area contributed by atoms with E-state index in [2.05, 4.69) is 21.2 Å². The van der Waals surface area contributed by atoms with Crippen LogP contribution >= 0.6 is 15.9 Å². The number of hydrogen-bond donors (Lipinski definition) is 1. The van der Waals surface area contributed by atoms with Crippen molar-refractivity contribution in [2.24, 2.45) is 0 Å². The number of benzene rings is 4. The highest BCUT2D eigenvalue weighted by molar-refractivity contribution is 9.10. The van der Waals surface area contributed by atoms with E-state index in [0.29, 0.717) is 12.2 Å². The molecule has 1 aliphatic carbocycles. The third kappa shape index (κ3) is 6.89. The van der Waals surface area contributed by atoms with E-state index in [1.54, 1.807) is 17.0 Å². The fourth-order valence-electron chi connectivity index (χ4n) is 5.26. The Morgan fingerprint density at radius 1 is 0.900 bits per heavy atom. The second kappa shape index (κ2) is 13.1. The van der Waals surface area contributed by atoms with Gasteiger partial charge in [0.2, 0.25) is 5.91 Å². The number of halogens is 2. The summed E-state index contributed by atoms with van der Waals surface area (Å²) in [7, 11) is 0. The normalized spacial score (nSPS) is 14.2.